The van der Waals surface area contributed by atoms with E-state index >= 15 is 0 Å². The second kappa shape index (κ2) is 6.86. The van der Waals surface area contributed by atoms with Gasteiger partial charge in [-0.2, -0.15) is 0 Å². The number of nitrogens with one attached hydrogen (secondary N) is 1. The first-order valence-corrected chi connectivity index (χ1v) is 7.16. The van der Waals surface area contributed by atoms with Crippen LogP contribution in [0.2, 0.25) is 0 Å². The van der Waals surface area contributed by atoms with E-state index in [-0.39, 0.29) is 0 Å². The maximum Gasteiger partial charge on any atom is 0.0320 e. The van der Waals surface area contributed by atoms with E-state index in [9.17, 15) is 0 Å². The topological polar surface area (TPSA) is 28.2 Å². The van der Waals surface area contributed by atoms with Gasteiger partial charge in [-0.3, -0.25) is 9.88 Å². The monoisotopic (exact) mass is 247 g/mol. The molecular formula is C15H25N3. The van der Waals surface area contributed by atoms with Crippen molar-refractivity contribution in [1.82, 2.24) is 15.2 Å². The van der Waals surface area contributed by atoms with Gasteiger partial charge in [-0.1, -0.05) is 6.92 Å². The summed E-state index contributed by atoms with van der Waals surface area (Å²) in [7, 11) is 0. The molecule has 100 valence electrons. The summed E-state index contributed by atoms with van der Waals surface area (Å²) in [6.07, 6.45) is 6.43. The van der Waals surface area contributed by atoms with Gasteiger partial charge in [0.25, 0.3) is 0 Å². The summed E-state index contributed by atoms with van der Waals surface area (Å²) in [6, 6.07) is 4.79. The Morgan fingerprint density at radius 3 is 2.61 bits per heavy atom. The highest BCUT2D eigenvalue weighted by Crippen LogP contribution is 2.25. The average molecular weight is 247 g/mol. The molecule has 1 N–H and O–H groups in total. The summed E-state index contributed by atoms with van der Waals surface area (Å²) in [6.45, 7) is 9.21. The molecule has 2 heterocycles. The smallest absolute Gasteiger partial charge is 0.0320 e. The van der Waals surface area contributed by atoms with Crippen LogP contribution >= 0.6 is 0 Å². The van der Waals surface area contributed by atoms with Crippen LogP contribution in [-0.4, -0.2) is 36.1 Å². The van der Waals surface area contributed by atoms with E-state index in [1.165, 1.54) is 38.0 Å². The second-order valence-corrected chi connectivity index (χ2v) is 5.24. The van der Waals surface area contributed by atoms with Crippen LogP contribution in [-0.2, 0) is 0 Å². The number of likely N-dealkylation sites (tertiary alicyclic amines) is 1. The van der Waals surface area contributed by atoms with Crippen molar-refractivity contribution in [2.45, 2.75) is 32.7 Å². The minimum Gasteiger partial charge on any atom is -0.317 e. The normalized spacial score (nSPS) is 19.9. The zero-order chi connectivity index (χ0) is 12.8. The molecule has 0 aromatic carbocycles. The molecule has 18 heavy (non-hydrogen) atoms. The van der Waals surface area contributed by atoms with E-state index in [0.717, 1.165) is 12.5 Å². The van der Waals surface area contributed by atoms with Crippen LogP contribution in [0.4, 0.5) is 0 Å². The lowest BCUT2D eigenvalue weighted by Crippen LogP contribution is -2.38. The second-order valence-electron chi connectivity index (χ2n) is 5.24. The first-order chi connectivity index (χ1) is 8.81. The molecule has 1 aliphatic rings. The maximum absolute atomic E-state index is 4.09. The highest BCUT2D eigenvalue weighted by atomic mass is 15.2. The van der Waals surface area contributed by atoms with Crippen LogP contribution < -0.4 is 5.32 Å². The lowest BCUT2D eigenvalue weighted by molar-refractivity contribution is 0.140. The average Bonchev–Trinajstić information content (AvgIpc) is 2.46. The van der Waals surface area contributed by atoms with Crippen LogP contribution in [0, 0.1) is 5.92 Å². The summed E-state index contributed by atoms with van der Waals surface area (Å²) in [5.41, 5.74) is 1.38. The number of pyridine rings is 1. The fourth-order valence-corrected chi connectivity index (χ4v) is 2.75. The third-order valence-electron chi connectivity index (χ3n) is 4.07. The van der Waals surface area contributed by atoms with Gasteiger partial charge in [-0.25, -0.2) is 0 Å². The van der Waals surface area contributed by atoms with Crippen molar-refractivity contribution >= 4 is 0 Å². The third-order valence-corrected chi connectivity index (χ3v) is 4.07. The van der Waals surface area contributed by atoms with Gasteiger partial charge in [-0.15, -0.1) is 0 Å². The van der Waals surface area contributed by atoms with Crippen molar-refractivity contribution in [3.05, 3.63) is 30.1 Å². The van der Waals surface area contributed by atoms with Crippen molar-refractivity contribution in [2.75, 3.05) is 26.2 Å². The molecule has 3 heteroatoms. The Morgan fingerprint density at radius 1 is 1.33 bits per heavy atom. The summed E-state index contributed by atoms with van der Waals surface area (Å²) >= 11 is 0. The highest BCUT2D eigenvalue weighted by molar-refractivity contribution is 5.14. The van der Waals surface area contributed by atoms with Crippen molar-refractivity contribution in [3.63, 3.8) is 0 Å². The van der Waals surface area contributed by atoms with E-state index in [1.54, 1.807) is 0 Å². The molecule has 0 spiro atoms. The Hall–Kier alpha value is -0.930. The van der Waals surface area contributed by atoms with Crippen LogP contribution in [0.3, 0.4) is 0 Å². The van der Waals surface area contributed by atoms with Crippen LogP contribution in [0.15, 0.2) is 24.5 Å². The van der Waals surface area contributed by atoms with Gasteiger partial charge in [0, 0.05) is 18.4 Å². The summed E-state index contributed by atoms with van der Waals surface area (Å²) in [4.78, 5) is 6.69. The largest absolute Gasteiger partial charge is 0.317 e. The van der Waals surface area contributed by atoms with Crippen molar-refractivity contribution in [2.24, 2.45) is 5.92 Å². The third kappa shape index (κ3) is 3.53. The Balaban J connectivity index is 1.82. The Labute approximate surface area is 111 Å². The van der Waals surface area contributed by atoms with Crippen LogP contribution in [0.1, 0.15) is 38.3 Å². The number of aromatic nitrogens is 1. The quantitative estimate of drug-likeness (QED) is 0.866. The fourth-order valence-electron chi connectivity index (χ4n) is 2.75. The molecule has 0 amide bonds. The molecule has 1 aliphatic heterocycles. The number of rotatable bonds is 5. The number of hydrogen-bond donors (Lipinski definition) is 1. The molecule has 1 unspecified atom stereocenters. The molecule has 1 atom stereocenters. The molecule has 2 rings (SSSR count). The van der Waals surface area contributed by atoms with Crippen LogP contribution in [0.5, 0.6) is 0 Å². The van der Waals surface area contributed by atoms with E-state index in [1.807, 2.05) is 12.4 Å². The summed E-state index contributed by atoms with van der Waals surface area (Å²) in [5.74, 6) is 0.867. The highest BCUT2D eigenvalue weighted by Gasteiger charge is 2.22. The molecular weight excluding hydrogens is 222 g/mol. The predicted molar refractivity (Wildman–Crippen MR) is 75.5 cm³/mol. The molecule has 0 bridgehead atoms. The van der Waals surface area contributed by atoms with Crippen molar-refractivity contribution in [3.8, 4) is 0 Å². The zero-order valence-electron chi connectivity index (χ0n) is 11.6. The first kappa shape index (κ1) is 13.5. The zero-order valence-corrected chi connectivity index (χ0v) is 11.6. The Kier molecular flexibility index (Phi) is 5.14. The number of hydrogen-bond acceptors (Lipinski definition) is 3. The van der Waals surface area contributed by atoms with Gasteiger partial charge in [-0.05, 0) is 69.6 Å². The van der Waals surface area contributed by atoms with E-state index < -0.39 is 0 Å². The molecule has 3 nitrogen and oxygen atoms in total. The van der Waals surface area contributed by atoms with Gasteiger partial charge in [0.1, 0.15) is 0 Å². The molecule has 1 fully saturated rings. The first-order valence-electron chi connectivity index (χ1n) is 7.16. The van der Waals surface area contributed by atoms with Crippen LogP contribution in [0.25, 0.3) is 0 Å². The lowest BCUT2D eigenvalue weighted by atomic mass is 9.94. The van der Waals surface area contributed by atoms with E-state index in [0.29, 0.717) is 6.04 Å². The minimum atomic E-state index is 0.521. The lowest BCUT2D eigenvalue weighted by Gasteiger charge is -2.36. The number of piperidine rings is 1. The Bertz CT molecular complexity index is 331. The molecule has 0 radical (unpaired) electrons. The molecule has 1 aromatic heterocycles. The minimum absolute atomic E-state index is 0.521. The summed E-state index contributed by atoms with van der Waals surface area (Å²) in [5, 5.41) is 3.47. The number of nitrogens with zero attached hydrogens (tertiary/aromatic N) is 2. The fraction of sp³-hybridized carbons (Fsp3) is 0.667. The molecule has 0 aliphatic carbocycles. The predicted octanol–water partition coefficient (Wildman–Crippen LogP) is 2.46. The Morgan fingerprint density at radius 2 is 2.00 bits per heavy atom. The standard InChI is InChI=1S/C15H25N3/c1-3-16-12-14-6-10-18(11-7-14)13(2)15-4-8-17-9-5-15/h4-5,8-9,13-14,16H,3,6-7,10-12H2,1-2H3. The summed E-state index contributed by atoms with van der Waals surface area (Å²) < 4.78 is 0. The molecule has 0 saturated carbocycles. The SMILES string of the molecule is CCNCC1CCN(C(C)c2ccncc2)CC1. The van der Waals surface area contributed by atoms with Gasteiger partial charge in [0.15, 0.2) is 0 Å². The van der Waals surface area contributed by atoms with Crippen molar-refractivity contribution < 1.29 is 0 Å². The van der Waals surface area contributed by atoms with E-state index in [2.05, 4.69) is 41.2 Å². The molecule has 1 saturated heterocycles. The van der Waals surface area contributed by atoms with Gasteiger partial charge < -0.3 is 5.32 Å². The maximum atomic E-state index is 4.09. The van der Waals surface area contributed by atoms with E-state index in [4.69, 9.17) is 0 Å². The van der Waals surface area contributed by atoms with Crippen molar-refractivity contribution in [1.29, 1.82) is 0 Å². The molecule has 1 aromatic rings. The van der Waals surface area contributed by atoms with Gasteiger partial charge >= 0.3 is 0 Å². The van der Waals surface area contributed by atoms with Gasteiger partial charge in [0.2, 0.25) is 0 Å². The van der Waals surface area contributed by atoms with Gasteiger partial charge in [0.05, 0.1) is 0 Å².